The monoisotopic (exact) mass is 402 g/mol. The van der Waals surface area contributed by atoms with Crippen molar-refractivity contribution in [1.29, 1.82) is 0 Å². The molecule has 6 heteroatoms. The fraction of sp³-hybridized carbons (Fsp3) is 0.174. The molecule has 1 heterocycles. The summed E-state index contributed by atoms with van der Waals surface area (Å²) in [5.41, 5.74) is 3.00. The molecule has 0 aliphatic heterocycles. The van der Waals surface area contributed by atoms with Crippen LogP contribution in [0.3, 0.4) is 0 Å². The summed E-state index contributed by atoms with van der Waals surface area (Å²) in [5, 5.41) is 14.1. The number of benzene rings is 3. The molecule has 0 spiro atoms. The van der Waals surface area contributed by atoms with E-state index in [-0.39, 0.29) is 11.2 Å². The normalized spacial score (nSPS) is 12.1. The van der Waals surface area contributed by atoms with E-state index >= 15 is 0 Å². The molecule has 3 aromatic carbocycles. The van der Waals surface area contributed by atoms with Crippen LogP contribution in [0, 0.1) is 13.8 Å². The van der Waals surface area contributed by atoms with Gasteiger partial charge in [0.1, 0.15) is 5.82 Å². The number of carbonyl (C=O) groups excluding carboxylic acids is 1. The number of amides is 1. The Morgan fingerprint density at radius 2 is 1.69 bits per heavy atom. The lowest BCUT2D eigenvalue weighted by Gasteiger charge is -2.14. The molecule has 4 rings (SSSR count). The maximum atomic E-state index is 12.9. The SMILES string of the molecule is Cc1ccc(-n2c(C)nnc2SC(C)C(=O)Nc2cccc3ccccc23)cc1. The highest BCUT2D eigenvalue weighted by Crippen LogP contribution is 2.28. The highest BCUT2D eigenvalue weighted by molar-refractivity contribution is 8.00. The zero-order chi connectivity index (χ0) is 20.4. The number of hydrogen-bond donors (Lipinski definition) is 1. The van der Waals surface area contributed by atoms with E-state index in [0.29, 0.717) is 5.16 Å². The lowest BCUT2D eigenvalue weighted by molar-refractivity contribution is -0.115. The Morgan fingerprint density at radius 1 is 0.966 bits per heavy atom. The summed E-state index contributed by atoms with van der Waals surface area (Å²) < 4.78 is 1.98. The Bertz CT molecular complexity index is 1160. The molecule has 5 nitrogen and oxygen atoms in total. The van der Waals surface area contributed by atoms with Crippen LogP contribution >= 0.6 is 11.8 Å². The minimum absolute atomic E-state index is 0.0672. The quantitative estimate of drug-likeness (QED) is 0.469. The predicted octanol–water partition coefficient (Wildman–Crippen LogP) is 5.16. The molecular formula is C23H22N4OS. The lowest BCUT2D eigenvalue weighted by Crippen LogP contribution is -2.23. The largest absolute Gasteiger partial charge is 0.325 e. The standard InChI is InChI=1S/C23H22N4OS/c1-15-11-13-19(14-12-15)27-17(3)25-26-23(27)29-16(2)22(28)24-21-10-6-8-18-7-4-5-9-20(18)21/h4-14,16H,1-3H3,(H,24,28). The summed E-state index contributed by atoms with van der Waals surface area (Å²) in [6.45, 7) is 5.85. The number of thioether (sulfide) groups is 1. The van der Waals surface area contributed by atoms with Crippen LogP contribution in [-0.4, -0.2) is 25.9 Å². The van der Waals surface area contributed by atoms with Crippen LogP contribution in [-0.2, 0) is 4.79 Å². The van der Waals surface area contributed by atoms with Crippen molar-refractivity contribution in [3.8, 4) is 5.69 Å². The molecule has 0 aliphatic carbocycles. The first-order chi connectivity index (χ1) is 14.0. The van der Waals surface area contributed by atoms with Gasteiger partial charge < -0.3 is 5.32 Å². The third kappa shape index (κ3) is 4.03. The Hall–Kier alpha value is -3.12. The smallest absolute Gasteiger partial charge is 0.237 e. The Labute approximate surface area is 174 Å². The first-order valence-corrected chi connectivity index (χ1v) is 10.4. The molecule has 0 saturated carbocycles. The van der Waals surface area contributed by atoms with Crippen LogP contribution in [0.25, 0.3) is 16.5 Å². The van der Waals surface area contributed by atoms with Gasteiger partial charge in [-0.05, 0) is 44.4 Å². The minimum Gasteiger partial charge on any atom is -0.325 e. The summed E-state index contributed by atoms with van der Waals surface area (Å²) in [6.07, 6.45) is 0. The van der Waals surface area contributed by atoms with Crippen molar-refractivity contribution in [1.82, 2.24) is 14.8 Å². The van der Waals surface area contributed by atoms with Gasteiger partial charge in [-0.25, -0.2) is 0 Å². The third-order valence-corrected chi connectivity index (χ3v) is 5.83. The molecule has 29 heavy (non-hydrogen) atoms. The highest BCUT2D eigenvalue weighted by atomic mass is 32.2. The van der Waals surface area contributed by atoms with Gasteiger partial charge in [-0.1, -0.05) is 65.9 Å². The van der Waals surface area contributed by atoms with Gasteiger partial charge in [0.2, 0.25) is 5.91 Å². The molecule has 1 N–H and O–H groups in total. The Morgan fingerprint density at radius 3 is 2.48 bits per heavy atom. The molecule has 1 aromatic heterocycles. The van der Waals surface area contributed by atoms with Crippen LogP contribution in [0.4, 0.5) is 5.69 Å². The van der Waals surface area contributed by atoms with E-state index in [9.17, 15) is 4.79 Å². The number of nitrogens with zero attached hydrogens (tertiary/aromatic N) is 3. The molecule has 4 aromatic rings. The van der Waals surface area contributed by atoms with E-state index in [1.54, 1.807) is 0 Å². The topological polar surface area (TPSA) is 59.8 Å². The second-order valence-electron chi connectivity index (χ2n) is 6.98. The molecule has 0 aliphatic rings. The maximum Gasteiger partial charge on any atom is 0.237 e. The number of rotatable bonds is 5. The van der Waals surface area contributed by atoms with E-state index in [0.717, 1.165) is 28.0 Å². The van der Waals surface area contributed by atoms with Crippen LogP contribution in [0.15, 0.2) is 71.9 Å². The second kappa shape index (κ2) is 8.09. The molecular weight excluding hydrogens is 380 g/mol. The van der Waals surface area contributed by atoms with Crippen molar-refractivity contribution in [3.05, 3.63) is 78.1 Å². The molecule has 146 valence electrons. The van der Waals surface area contributed by atoms with Gasteiger partial charge >= 0.3 is 0 Å². The van der Waals surface area contributed by atoms with Gasteiger partial charge in [-0.2, -0.15) is 0 Å². The van der Waals surface area contributed by atoms with Crippen molar-refractivity contribution >= 4 is 34.1 Å². The van der Waals surface area contributed by atoms with Gasteiger partial charge in [0.25, 0.3) is 0 Å². The van der Waals surface area contributed by atoms with E-state index in [2.05, 4.69) is 34.6 Å². The third-order valence-electron chi connectivity index (χ3n) is 4.79. The van der Waals surface area contributed by atoms with Crippen LogP contribution in [0.1, 0.15) is 18.3 Å². The Balaban J connectivity index is 1.55. The molecule has 1 atom stereocenters. The van der Waals surface area contributed by atoms with Gasteiger partial charge in [0.05, 0.1) is 5.25 Å². The van der Waals surface area contributed by atoms with Crippen molar-refractivity contribution in [2.45, 2.75) is 31.2 Å². The summed E-state index contributed by atoms with van der Waals surface area (Å²) in [4.78, 5) is 12.9. The molecule has 0 saturated heterocycles. The Kier molecular flexibility index (Phi) is 5.36. The van der Waals surface area contributed by atoms with E-state index in [4.69, 9.17) is 0 Å². The van der Waals surface area contributed by atoms with E-state index in [1.165, 1.54) is 17.3 Å². The summed E-state index contributed by atoms with van der Waals surface area (Å²) >= 11 is 1.40. The average molecular weight is 403 g/mol. The molecule has 0 fully saturated rings. The molecule has 0 radical (unpaired) electrons. The summed E-state index contributed by atoms with van der Waals surface area (Å²) in [5.74, 6) is 0.723. The number of carbonyl (C=O) groups is 1. The van der Waals surface area contributed by atoms with Gasteiger partial charge in [0, 0.05) is 16.8 Å². The van der Waals surface area contributed by atoms with Gasteiger partial charge in [0.15, 0.2) is 5.16 Å². The van der Waals surface area contributed by atoms with Crippen molar-refractivity contribution in [3.63, 3.8) is 0 Å². The molecule has 0 bridgehead atoms. The highest BCUT2D eigenvalue weighted by Gasteiger charge is 2.20. The van der Waals surface area contributed by atoms with Gasteiger partial charge in [-0.3, -0.25) is 9.36 Å². The van der Waals surface area contributed by atoms with Crippen molar-refractivity contribution < 1.29 is 4.79 Å². The summed E-state index contributed by atoms with van der Waals surface area (Å²) in [7, 11) is 0. The van der Waals surface area contributed by atoms with Gasteiger partial charge in [-0.15, -0.1) is 10.2 Å². The number of hydrogen-bond acceptors (Lipinski definition) is 4. The van der Waals surface area contributed by atoms with Crippen LogP contribution in [0.2, 0.25) is 0 Å². The average Bonchev–Trinajstić information content (AvgIpc) is 3.09. The maximum absolute atomic E-state index is 12.9. The zero-order valence-corrected chi connectivity index (χ0v) is 17.4. The predicted molar refractivity (Wildman–Crippen MR) is 119 cm³/mol. The number of nitrogens with one attached hydrogen (secondary N) is 1. The molecule has 1 amide bonds. The lowest BCUT2D eigenvalue weighted by atomic mass is 10.1. The number of fused-ring (bicyclic) bond motifs is 1. The second-order valence-corrected chi connectivity index (χ2v) is 8.28. The number of aromatic nitrogens is 3. The summed E-state index contributed by atoms with van der Waals surface area (Å²) in [6, 6.07) is 22.1. The van der Waals surface area contributed by atoms with Crippen LogP contribution in [0.5, 0.6) is 0 Å². The first-order valence-electron chi connectivity index (χ1n) is 9.47. The van der Waals surface area contributed by atoms with E-state index in [1.807, 2.05) is 73.0 Å². The van der Waals surface area contributed by atoms with E-state index < -0.39 is 0 Å². The number of anilines is 1. The first kappa shape index (κ1) is 19.2. The molecule has 1 unspecified atom stereocenters. The fourth-order valence-electron chi connectivity index (χ4n) is 3.19. The minimum atomic E-state index is -0.332. The van der Waals surface area contributed by atoms with Crippen LogP contribution < -0.4 is 5.32 Å². The van der Waals surface area contributed by atoms with Crippen molar-refractivity contribution in [2.75, 3.05) is 5.32 Å². The fourth-order valence-corrected chi connectivity index (χ4v) is 4.10. The zero-order valence-electron chi connectivity index (χ0n) is 16.6. The number of aryl methyl sites for hydroxylation is 2. The van der Waals surface area contributed by atoms with Crippen molar-refractivity contribution in [2.24, 2.45) is 0 Å².